The number of nitrogens with one attached hydrogen (secondary N) is 2. The van der Waals surface area contributed by atoms with E-state index in [0.717, 1.165) is 0 Å². The Morgan fingerprint density at radius 3 is 2.65 bits per heavy atom. The molecule has 1 atom stereocenters. The summed E-state index contributed by atoms with van der Waals surface area (Å²) >= 11 is 0. The number of carbonyl (C=O) groups is 1. The molecule has 0 spiro atoms. The molecule has 2 rings (SSSR count). The maximum Gasteiger partial charge on any atom is 0.243 e. The number of likely N-dealkylation sites (N-methyl/N-ethyl adjacent to an activating group) is 1. The molecule has 1 unspecified atom stereocenters. The maximum atomic E-state index is 11.8. The number of methoxy groups -OCH3 is 1. The highest BCUT2D eigenvalue weighted by atomic mass is 16.5. The topological polar surface area (TPSA) is 66.0 Å². The van der Waals surface area contributed by atoms with Crippen molar-refractivity contribution < 1.29 is 9.53 Å². The van der Waals surface area contributed by atoms with Crippen LogP contribution in [0.4, 0.5) is 0 Å². The third kappa shape index (κ3) is 5.46. The average Bonchev–Trinajstić information content (AvgIpc) is 2.65. The fraction of sp³-hybridized carbons (Fsp3) is 0.400. The molecule has 0 aliphatic rings. The Bertz CT molecular complexity index is 753. The second-order valence-corrected chi connectivity index (χ2v) is 6.31. The number of hydrogen-bond acceptors (Lipinski definition) is 3. The number of carbonyl (C=O) groups excluding carboxylic acids is 1. The fourth-order valence-electron chi connectivity index (χ4n) is 2.62. The van der Waals surface area contributed by atoms with Crippen molar-refractivity contribution in [2.24, 2.45) is 4.99 Å². The van der Waals surface area contributed by atoms with Gasteiger partial charge in [-0.2, -0.15) is 0 Å². The van der Waals surface area contributed by atoms with E-state index in [1.807, 2.05) is 12.1 Å². The zero-order chi connectivity index (χ0) is 18.9. The zero-order valence-corrected chi connectivity index (χ0v) is 16.0. The molecule has 2 aromatic rings. The van der Waals surface area contributed by atoms with Crippen LogP contribution in [0, 0.1) is 0 Å². The molecule has 0 aliphatic carbocycles. The summed E-state index contributed by atoms with van der Waals surface area (Å²) in [5.41, 5.74) is 1.18. The Hall–Kier alpha value is -2.60. The Balaban J connectivity index is 2.17. The van der Waals surface area contributed by atoms with Gasteiger partial charge in [0.1, 0.15) is 6.54 Å². The summed E-state index contributed by atoms with van der Waals surface area (Å²) in [6.07, 6.45) is 0. The van der Waals surface area contributed by atoms with Gasteiger partial charge in [-0.25, -0.2) is 4.99 Å². The summed E-state index contributed by atoms with van der Waals surface area (Å²) in [5, 5.41) is 9.00. The highest BCUT2D eigenvalue weighted by Crippen LogP contribution is 2.23. The molecule has 0 saturated carbocycles. The lowest BCUT2D eigenvalue weighted by Gasteiger charge is -2.20. The number of aliphatic imine (C=N–C) groups is 1. The predicted octanol–water partition coefficient (Wildman–Crippen LogP) is 2.17. The zero-order valence-electron chi connectivity index (χ0n) is 16.0. The molecule has 0 saturated heterocycles. The van der Waals surface area contributed by atoms with Crippen molar-refractivity contribution in [2.75, 3.05) is 40.9 Å². The van der Waals surface area contributed by atoms with E-state index >= 15 is 0 Å². The van der Waals surface area contributed by atoms with Crippen LogP contribution in [0.25, 0.3) is 10.8 Å². The highest BCUT2D eigenvalue weighted by Gasteiger charge is 2.12. The van der Waals surface area contributed by atoms with E-state index in [-0.39, 0.29) is 18.5 Å². The van der Waals surface area contributed by atoms with Crippen LogP contribution in [0.5, 0.6) is 0 Å². The standard InChI is InChI=1S/C20H28N4O2/c1-15(17-11-7-9-16-8-5-6-10-18(16)17)23-20(21-12-13-26-4)22-14-19(25)24(2)3/h5-11,15H,12-14H2,1-4H3,(H2,21,22,23). The van der Waals surface area contributed by atoms with Crippen molar-refractivity contribution >= 4 is 22.6 Å². The molecule has 6 heteroatoms. The average molecular weight is 356 g/mol. The van der Waals surface area contributed by atoms with E-state index in [1.165, 1.54) is 21.2 Å². The molecule has 2 aromatic carbocycles. The van der Waals surface area contributed by atoms with Crippen molar-refractivity contribution in [3.05, 3.63) is 48.0 Å². The molecule has 0 aromatic heterocycles. The fourth-order valence-corrected chi connectivity index (χ4v) is 2.62. The molecular formula is C20H28N4O2. The Morgan fingerprint density at radius 2 is 1.92 bits per heavy atom. The smallest absolute Gasteiger partial charge is 0.243 e. The lowest BCUT2D eigenvalue weighted by molar-refractivity contribution is -0.127. The third-order valence-corrected chi connectivity index (χ3v) is 4.11. The molecule has 0 aliphatic heterocycles. The van der Waals surface area contributed by atoms with Gasteiger partial charge >= 0.3 is 0 Å². The van der Waals surface area contributed by atoms with Crippen LogP contribution in [0.15, 0.2) is 47.5 Å². The van der Waals surface area contributed by atoms with Gasteiger partial charge in [0, 0.05) is 27.7 Å². The first kappa shape index (κ1) is 19.7. The third-order valence-electron chi connectivity index (χ3n) is 4.11. The first-order valence-corrected chi connectivity index (χ1v) is 8.74. The number of rotatable bonds is 7. The summed E-state index contributed by atoms with van der Waals surface area (Å²) in [7, 11) is 5.10. The Kier molecular flexibility index (Phi) is 7.41. The number of benzene rings is 2. The van der Waals surface area contributed by atoms with Crippen molar-refractivity contribution in [3.8, 4) is 0 Å². The van der Waals surface area contributed by atoms with Gasteiger partial charge in [-0.05, 0) is 23.3 Å². The van der Waals surface area contributed by atoms with E-state index in [4.69, 9.17) is 4.74 Å². The summed E-state index contributed by atoms with van der Waals surface area (Å²) in [5.74, 6) is 0.549. The molecule has 2 N–H and O–H groups in total. The van der Waals surface area contributed by atoms with Gasteiger partial charge in [-0.3, -0.25) is 4.79 Å². The molecule has 0 bridgehead atoms. The first-order chi connectivity index (χ1) is 12.5. The minimum Gasteiger partial charge on any atom is -0.383 e. The van der Waals surface area contributed by atoms with Gasteiger partial charge in [0.15, 0.2) is 5.96 Å². The minimum atomic E-state index is -0.0457. The number of hydrogen-bond donors (Lipinski definition) is 2. The Labute approximate surface area is 155 Å². The number of fused-ring (bicyclic) bond motifs is 1. The number of amides is 1. The van der Waals surface area contributed by atoms with Gasteiger partial charge < -0.3 is 20.3 Å². The maximum absolute atomic E-state index is 11.8. The quantitative estimate of drug-likeness (QED) is 0.453. The normalized spacial score (nSPS) is 12.7. The molecule has 140 valence electrons. The lowest BCUT2D eigenvalue weighted by Crippen LogP contribution is -2.41. The van der Waals surface area contributed by atoms with Crippen LogP contribution in [0.2, 0.25) is 0 Å². The lowest BCUT2D eigenvalue weighted by atomic mass is 10.00. The van der Waals surface area contributed by atoms with E-state index in [9.17, 15) is 4.79 Å². The van der Waals surface area contributed by atoms with Crippen molar-refractivity contribution in [3.63, 3.8) is 0 Å². The number of ether oxygens (including phenoxy) is 1. The molecule has 0 radical (unpaired) electrons. The van der Waals surface area contributed by atoms with Crippen LogP contribution < -0.4 is 10.6 Å². The summed E-state index contributed by atoms with van der Waals surface area (Å²) < 4.78 is 5.08. The van der Waals surface area contributed by atoms with Crippen LogP contribution in [-0.2, 0) is 9.53 Å². The molecule has 6 nitrogen and oxygen atoms in total. The van der Waals surface area contributed by atoms with Gasteiger partial charge in [0.2, 0.25) is 5.91 Å². The van der Waals surface area contributed by atoms with Crippen molar-refractivity contribution in [1.29, 1.82) is 0 Å². The van der Waals surface area contributed by atoms with Gasteiger partial charge in [0.05, 0.1) is 12.6 Å². The second kappa shape index (κ2) is 9.77. The van der Waals surface area contributed by atoms with Gasteiger partial charge in [-0.15, -0.1) is 0 Å². The van der Waals surface area contributed by atoms with E-state index in [2.05, 4.69) is 52.9 Å². The van der Waals surface area contributed by atoms with Crippen LogP contribution in [-0.4, -0.2) is 57.7 Å². The van der Waals surface area contributed by atoms with E-state index in [0.29, 0.717) is 19.1 Å². The number of guanidine groups is 1. The molecule has 0 fully saturated rings. The van der Waals surface area contributed by atoms with Gasteiger partial charge in [0.25, 0.3) is 0 Å². The highest BCUT2D eigenvalue weighted by molar-refractivity contribution is 5.88. The largest absolute Gasteiger partial charge is 0.383 e. The van der Waals surface area contributed by atoms with Gasteiger partial charge in [-0.1, -0.05) is 42.5 Å². The van der Waals surface area contributed by atoms with E-state index < -0.39 is 0 Å². The summed E-state index contributed by atoms with van der Waals surface area (Å²) in [6.45, 7) is 3.35. The monoisotopic (exact) mass is 356 g/mol. The molecule has 0 heterocycles. The SMILES string of the molecule is COCCNC(=NCC(=O)N(C)C)NC(C)c1cccc2ccccc12. The predicted molar refractivity (Wildman–Crippen MR) is 106 cm³/mol. The van der Waals surface area contributed by atoms with Crippen LogP contribution >= 0.6 is 0 Å². The van der Waals surface area contributed by atoms with Crippen LogP contribution in [0.3, 0.4) is 0 Å². The summed E-state index contributed by atoms with van der Waals surface area (Å²) in [6, 6.07) is 14.6. The molecule has 1 amide bonds. The van der Waals surface area contributed by atoms with Crippen molar-refractivity contribution in [2.45, 2.75) is 13.0 Å². The van der Waals surface area contributed by atoms with E-state index in [1.54, 1.807) is 21.2 Å². The number of nitrogens with zero attached hydrogens (tertiary/aromatic N) is 2. The van der Waals surface area contributed by atoms with Crippen LogP contribution in [0.1, 0.15) is 18.5 Å². The summed E-state index contributed by atoms with van der Waals surface area (Å²) in [4.78, 5) is 17.8. The van der Waals surface area contributed by atoms with Crippen molar-refractivity contribution in [1.82, 2.24) is 15.5 Å². The first-order valence-electron chi connectivity index (χ1n) is 8.74. The molecule has 26 heavy (non-hydrogen) atoms. The minimum absolute atomic E-state index is 0.0318. The molecular weight excluding hydrogens is 328 g/mol. The second-order valence-electron chi connectivity index (χ2n) is 6.31. The Morgan fingerprint density at radius 1 is 1.19 bits per heavy atom.